The summed E-state index contributed by atoms with van der Waals surface area (Å²) in [6, 6.07) is -6.57. The van der Waals surface area contributed by atoms with E-state index in [1.807, 2.05) is 34.6 Å². The van der Waals surface area contributed by atoms with Crippen molar-refractivity contribution in [1.29, 1.82) is 0 Å². The molecule has 50 heavy (non-hydrogen) atoms. The molecule has 14 heteroatoms. The molecule has 1 aliphatic rings. The molecule has 0 radical (unpaired) electrons. The fraction of sp³-hybridized carbons (Fsp3) is 0.833. The Labute approximate surface area is 298 Å². The number of hydrogen-bond acceptors (Lipinski definition) is 9. The molecule has 3 unspecified atom stereocenters. The number of amides is 5. The molecule has 0 aromatic carbocycles. The Morgan fingerprint density at radius 1 is 0.600 bits per heavy atom. The number of aliphatic hydroxyl groups is 2. The number of carbonyl (C=O) groups excluding carboxylic acids is 6. The molecule has 5 amide bonds. The predicted octanol–water partition coefficient (Wildman–Crippen LogP) is 1.84. The Morgan fingerprint density at radius 2 is 1.08 bits per heavy atom. The third-order valence-corrected chi connectivity index (χ3v) is 8.87. The van der Waals surface area contributed by atoms with E-state index >= 15 is 0 Å². The third kappa shape index (κ3) is 15.7. The van der Waals surface area contributed by atoms with E-state index in [1.54, 1.807) is 6.92 Å². The first kappa shape index (κ1) is 44.8. The van der Waals surface area contributed by atoms with Crippen LogP contribution in [0.25, 0.3) is 0 Å². The van der Waals surface area contributed by atoms with Crippen LogP contribution < -0.4 is 26.6 Å². The molecule has 0 aromatic rings. The molecule has 1 saturated heterocycles. The largest absolute Gasteiger partial charge is 0.451 e. The summed E-state index contributed by atoms with van der Waals surface area (Å²) in [5.74, 6) is -4.78. The van der Waals surface area contributed by atoms with E-state index in [0.717, 1.165) is 25.7 Å². The SMILES string of the molecule is CCC(C)[C@@H]1NC(=O)[C@@H](CC(C)C)NC(=O)[C@H](C(C)O)NC(=O)[C@H](CO)NC(=O)[C@@H](CC(C)C)NC(=O)C(CCCCCCC(C)C)OC1=O. The van der Waals surface area contributed by atoms with Gasteiger partial charge in [0.05, 0.1) is 12.7 Å². The van der Waals surface area contributed by atoms with Crippen LogP contribution in [0.4, 0.5) is 0 Å². The molecule has 0 bridgehead atoms. The van der Waals surface area contributed by atoms with Gasteiger partial charge in [-0.2, -0.15) is 0 Å². The van der Waals surface area contributed by atoms with Gasteiger partial charge in [0.1, 0.15) is 30.2 Å². The van der Waals surface area contributed by atoms with Gasteiger partial charge in [-0.25, -0.2) is 4.79 Å². The van der Waals surface area contributed by atoms with E-state index in [0.29, 0.717) is 18.8 Å². The molecule has 1 aliphatic heterocycles. The molecule has 288 valence electrons. The molecule has 14 nitrogen and oxygen atoms in total. The lowest BCUT2D eigenvalue weighted by Crippen LogP contribution is -2.62. The summed E-state index contributed by atoms with van der Waals surface area (Å²) < 4.78 is 5.85. The van der Waals surface area contributed by atoms with Crippen molar-refractivity contribution in [1.82, 2.24) is 26.6 Å². The molecule has 0 aromatic heterocycles. The van der Waals surface area contributed by atoms with Crippen LogP contribution >= 0.6 is 0 Å². The van der Waals surface area contributed by atoms with Crippen molar-refractivity contribution in [3.63, 3.8) is 0 Å². The lowest BCUT2D eigenvalue weighted by atomic mass is 9.97. The molecule has 8 atom stereocenters. The van der Waals surface area contributed by atoms with Gasteiger partial charge in [-0.15, -0.1) is 0 Å². The number of carbonyl (C=O) groups is 6. The summed E-state index contributed by atoms with van der Waals surface area (Å²) >= 11 is 0. The number of nitrogens with one attached hydrogen (secondary N) is 5. The molecule has 1 rings (SSSR count). The van der Waals surface area contributed by atoms with Crippen LogP contribution in [-0.4, -0.2) is 94.7 Å². The minimum absolute atomic E-state index is 0.0839. The van der Waals surface area contributed by atoms with Crippen molar-refractivity contribution in [2.45, 2.75) is 163 Å². The van der Waals surface area contributed by atoms with Crippen LogP contribution in [0.15, 0.2) is 0 Å². The van der Waals surface area contributed by atoms with Crippen LogP contribution in [0.3, 0.4) is 0 Å². The zero-order valence-corrected chi connectivity index (χ0v) is 31.7. The van der Waals surface area contributed by atoms with Crippen molar-refractivity contribution in [2.24, 2.45) is 23.7 Å². The van der Waals surface area contributed by atoms with Gasteiger partial charge >= 0.3 is 5.97 Å². The average Bonchev–Trinajstić information content (AvgIpc) is 3.03. The van der Waals surface area contributed by atoms with Crippen LogP contribution in [0, 0.1) is 23.7 Å². The van der Waals surface area contributed by atoms with Crippen molar-refractivity contribution in [3.8, 4) is 0 Å². The van der Waals surface area contributed by atoms with Crippen molar-refractivity contribution < 1.29 is 43.7 Å². The monoisotopic (exact) mass is 711 g/mol. The summed E-state index contributed by atoms with van der Waals surface area (Å²) in [4.78, 5) is 81.5. The maximum Gasteiger partial charge on any atom is 0.329 e. The van der Waals surface area contributed by atoms with Gasteiger partial charge in [0, 0.05) is 0 Å². The van der Waals surface area contributed by atoms with Gasteiger partial charge in [0.25, 0.3) is 5.91 Å². The molecule has 0 aliphatic carbocycles. The van der Waals surface area contributed by atoms with E-state index in [9.17, 15) is 39.0 Å². The van der Waals surface area contributed by atoms with Gasteiger partial charge in [-0.1, -0.05) is 87.5 Å². The highest BCUT2D eigenvalue weighted by molar-refractivity contribution is 5.97. The number of unbranched alkanes of at least 4 members (excludes halogenated alkanes) is 3. The minimum atomic E-state index is -1.55. The van der Waals surface area contributed by atoms with E-state index in [1.165, 1.54) is 6.92 Å². The Kier molecular flexibility index (Phi) is 20.2. The molecule has 0 saturated carbocycles. The Balaban J connectivity index is 3.64. The van der Waals surface area contributed by atoms with Crippen molar-refractivity contribution in [2.75, 3.05) is 6.61 Å². The number of esters is 1. The van der Waals surface area contributed by atoms with Crippen molar-refractivity contribution >= 4 is 35.5 Å². The highest BCUT2D eigenvalue weighted by Gasteiger charge is 2.38. The second-order valence-corrected chi connectivity index (χ2v) is 15.0. The Bertz CT molecular complexity index is 1110. The standard InChI is InChI=1S/C36H65N5O9/c1-10-23(8)29-36(49)50-28(16-14-12-11-13-15-20(2)3)34(47)37-25(17-21(4)5)31(44)39-27(19-42)33(46)41-30(24(9)43)35(48)38-26(18-22(6)7)32(45)40-29/h20-30,42-43H,10-19H2,1-9H3,(H,37,47)(H,38,48)(H,39,44)(H,40,45)(H,41,46)/t23?,24?,25-,26-,27+,28?,29+,30+/m1/s1. The van der Waals surface area contributed by atoms with E-state index < -0.39 is 90.4 Å². The number of ether oxygens (including phenoxy) is 1. The molecule has 7 N–H and O–H groups in total. The third-order valence-electron chi connectivity index (χ3n) is 8.87. The van der Waals surface area contributed by atoms with Crippen LogP contribution in [0.5, 0.6) is 0 Å². The fourth-order valence-electron chi connectivity index (χ4n) is 5.67. The second-order valence-electron chi connectivity index (χ2n) is 15.0. The lowest BCUT2D eigenvalue weighted by Gasteiger charge is -2.31. The normalized spacial score (nSPS) is 26.3. The second kappa shape index (κ2) is 22.5. The van der Waals surface area contributed by atoms with Gasteiger partial charge in [0.15, 0.2) is 6.10 Å². The first-order valence-electron chi connectivity index (χ1n) is 18.4. The summed E-state index contributed by atoms with van der Waals surface area (Å²) in [5, 5.41) is 33.3. The van der Waals surface area contributed by atoms with Crippen LogP contribution in [0.1, 0.15) is 120 Å². The summed E-state index contributed by atoms with van der Waals surface area (Å²) in [5.41, 5.74) is 0. The molecular weight excluding hydrogens is 646 g/mol. The first-order chi connectivity index (χ1) is 23.4. The Morgan fingerprint density at radius 3 is 1.58 bits per heavy atom. The number of aliphatic hydroxyl groups excluding tert-OH is 2. The van der Waals surface area contributed by atoms with Gasteiger partial charge < -0.3 is 41.5 Å². The lowest BCUT2D eigenvalue weighted by molar-refractivity contribution is -0.161. The topological polar surface area (TPSA) is 212 Å². The quantitative estimate of drug-likeness (QED) is 0.0974. The van der Waals surface area contributed by atoms with Crippen LogP contribution in [-0.2, 0) is 33.5 Å². The summed E-state index contributed by atoms with van der Waals surface area (Å²) in [7, 11) is 0. The summed E-state index contributed by atoms with van der Waals surface area (Å²) in [6.07, 6.45) is 2.70. The van der Waals surface area contributed by atoms with Gasteiger partial charge in [-0.3, -0.25) is 24.0 Å². The summed E-state index contributed by atoms with van der Waals surface area (Å²) in [6.45, 7) is 15.7. The average molecular weight is 712 g/mol. The minimum Gasteiger partial charge on any atom is -0.451 e. The zero-order chi connectivity index (χ0) is 38.1. The van der Waals surface area contributed by atoms with Gasteiger partial charge in [0.2, 0.25) is 23.6 Å². The van der Waals surface area contributed by atoms with E-state index in [-0.39, 0.29) is 31.1 Å². The highest BCUT2D eigenvalue weighted by Crippen LogP contribution is 2.18. The Hall–Kier alpha value is -3.26. The molecule has 1 fully saturated rings. The van der Waals surface area contributed by atoms with Crippen molar-refractivity contribution in [3.05, 3.63) is 0 Å². The number of rotatable bonds is 15. The number of cyclic esters (lactones) is 1. The highest BCUT2D eigenvalue weighted by atomic mass is 16.5. The van der Waals surface area contributed by atoms with E-state index in [4.69, 9.17) is 4.74 Å². The van der Waals surface area contributed by atoms with E-state index in [2.05, 4.69) is 40.4 Å². The molecular formula is C36H65N5O9. The maximum absolute atomic E-state index is 13.8. The molecule has 0 spiro atoms. The smallest absolute Gasteiger partial charge is 0.329 e. The number of hydrogen-bond donors (Lipinski definition) is 7. The predicted molar refractivity (Wildman–Crippen MR) is 189 cm³/mol. The van der Waals surface area contributed by atoms with Crippen LogP contribution in [0.2, 0.25) is 0 Å². The first-order valence-corrected chi connectivity index (χ1v) is 18.4. The fourth-order valence-corrected chi connectivity index (χ4v) is 5.67. The molecule has 1 heterocycles. The maximum atomic E-state index is 13.8. The zero-order valence-electron chi connectivity index (χ0n) is 31.7. The van der Waals surface area contributed by atoms with Gasteiger partial charge in [-0.05, 0) is 56.3 Å².